The molecule has 0 bridgehead atoms. The van der Waals surface area contributed by atoms with Crippen molar-refractivity contribution in [2.75, 3.05) is 19.0 Å². The van der Waals surface area contributed by atoms with Gasteiger partial charge in [-0.25, -0.2) is 0 Å². The number of hydrogen-bond acceptors (Lipinski definition) is 3. The molecule has 1 aromatic rings. The number of amides is 1. The lowest BCUT2D eigenvalue weighted by molar-refractivity contribution is -0.117. The van der Waals surface area contributed by atoms with E-state index in [4.69, 9.17) is 22.1 Å². The van der Waals surface area contributed by atoms with Gasteiger partial charge in [-0.2, -0.15) is 0 Å². The number of ether oxygens (including phenoxy) is 1. The second-order valence-corrected chi connectivity index (χ2v) is 3.82. The van der Waals surface area contributed by atoms with Gasteiger partial charge in [0.05, 0.1) is 6.04 Å². The van der Waals surface area contributed by atoms with Crippen LogP contribution < -0.4 is 11.1 Å². The van der Waals surface area contributed by atoms with Gasteiger partial charge in [0.2, 0.25) is 5.91 Å². The number of rotatable bonds is 5. The molecule has 0 aromatic heterocycles. The first-order chi connectivity index (χ1) is 7.63. The SMILES string of the molecule is COCCC(N)C(=O)Nc1cccc(Cl)c1. The summed E-state index contributed by atoms with van der Waals surface area (Å²) >= 11 is 5.79. The average Bonchev–Trinajstić information content (AvgIpc) is 2.25. The number of hydrogen-bond donors (Lipinski definition) is 2. The fraction of sp³-hybridized carbons (Fsp3) is 0.364. The van der Waals surface area contributed by atoms with E-state index in [9.17, 15) is 4.79 Å². The van der Waals surface area contributed by atoms with Crippen molar-refractivity contribution in [3.63, 3.8) is 0 Å². The van der Waals surface area contributed by atoms with Crippen LogP contribution in [0, 0.1) is 0 Å². The number of carbonyl (C=O) groups excluding carboxylic acids is 1. The van der Waals surface area contributed by atoms with Gasteiger partial charge in [-0.15, -0.1) is 0 Å². The van der Waals surface area contributed by atoms with Crippen molar-refractivity contribution in [2.45, 2.75) is 12.5 Å². The molecule has 1 unspecified atom stereocenters. The van der Waals surface area contributed by atoms with Gasteiger partial charge >= 0.3 is 0 Å². The van der Waals surface area contributed by atoms with Crippen LogP contribution in [0.5, 0.6) is 0 Å². The minimum Gasteiger partial charge on any atom is -0.385 e. The van der Waals surface area contributed by atoms with E-state index in [1.807, 2.05) is 0 Å². The summed E-state index contributed by atoms with van der Waals surface area (Å²) in [5.74, 6) is -0.237. The Labute approximate surface area is 99.7 Å². The Balaban J connectivity index is 2.50. The topological polar surface area (TPSA) is 64.3 Å². The molecule has 0 radical (unpaired) electrons. The zero-order chi connectivity index (χ0) is 12.0. The summed E-state index contributed by atoms with van der Waals surface area (Å²) < 4.78 is 4.85. The van der Waals surface area contributed by atoms with Crippen LogP contribution in [-0.4, -0.2) is 25.7 Å². The predicted molar refractivity (Wildman–Crippen MR) is 64.6 cm³/mol. The highest BCUT2D eigenvalue weighted by atomic mass is 35.5. The molecule has 3 N–H and O–H groups in total. The third kappa shape index (κ3) is 4.18. The first-order valence-electron chi connectivity index (χ1n) is 4.94. The molecule has 0 aliphatic heterocycles. The normalized spacial score (nSPS) is 12.2. The molecule has 0 spiro atoms. The number of nitrogens with two attached hydrogens (primary N) is 1. The summed E-state index contributed by atoms with van der Waals surface area (Å²) in [6.45, 7) is 0.462. The van der Waals surface area contributed by atoms with E-state index in [2.05, 4.69) is 5.32 Å². The molecule has 0 heterocycles. The zero-order valence-corrected chi connectivity index (χ0v) is 9.83. The van der Waals surface area contributed by atoms with Gasteiger partial charge in [0.1, 0.15) is 0 Å². The summed E-state index contributed by atoms with van der Waals surface area (Å²) in [6.07, 6.45) is 0.489. The van der Waals surface area contributed by atoms with Crippen molar-refractivity contribution in [2.24, 2.45) is 5.73 Å². The van der Waals surface area contributed by atoms with E-state index in [1.165, 1.54) is 0 Å². The van der Waals surface area contributed by atoms with Crippen molar-refractivity contribution in [3.05, 3.63) is 29.3 Å². The van der Waals surface area contributed by atoms with E-state index in [0.29, 0.717) is 23.7 Å². The number of anilines is 1. The van der Waals surface area contributed by atoms with Crippen molar-refractivity contribution in [3.8, 4) is 0 Å². The minimum absolute atomic E-state index is 0.237. The smallest absolute Gasteiger partial charge is 0.241 e. The predicted octanol–water partition coefficient (Wildman–Crippen LogP) is 1.64. The lowest BCUT2D eigenvalue weighted by atomic mass is 10.2. The van der Waals surface area contributed by atoms with Crippen LogP contribution in [-0.2, 0) is 9.53 Å². The molecular weight excluding hydrogens is 228 g/mol. The van der Waals surface area contributed by atoms with Gasteiger partial charge in [0.25, 0.3) is 0 Å². The molecule has 0 saturated carbocycles. The molecular formula is C11H15ClN2O2. The molecule has 1 aromatic carbocycles. The van der Waals surface area contributed by atoms with Crippen LogP contribution in [0.15, 0.2) is 24.3 Å². The Morgan fingerprint density at radius 3 is 3.00 bits per heavy atom. The molecule has 0 fully saturated rings. The summed E-state index contributed by atoms with van der Waals surface area (Å²) in [6, 6.07) is 6.36. The first kappa shape index (κ1) is 13.0. The number of benzene rings is 1. The van der Waals surface area contributed by atoms with E-state index in [-0.39, 0.29) is 5.91 Å². The standard InChI is InChI=1S/C11H15ClN2O2/c1-16-6-5-10(13)11(15)14-9-4-2-3-8(12)7-9/h2-4,7,10H,5-6,13H2,1H3,(H,14,15). The van der Waals surface area contributed by atoms with E-state index in [0.717, 1.165) is 0 Å². The third-order valence-corrected chi connectivity index (χ3v) is 2.30. The fourth-order valence-corrected chi connectivity index (χ4v) is 1.37. The van der Waals surface area contributed by atoms with Gasteiger partial charge in [-0.05, 0) is 24.6 Å². The first-order valence-corrected chi connectivity index (χ1v) is 5.32. The molecule has 4 nitrogen and oxygen atoms in total. The lowest BCUT2D eigenvalue weighted by Crippen LogP contribution is -2.36. The van der Waals surface area contributed by atoms with E-state index < -0.39 is 6.04 Å². The Morgan fingerprint density at radius 1 is 1.62 bits per heavy atom. The minimum atomic E-state index is -0.570. The third-order valence-electron chi connectivity index (χ3n) is 2.06. The van der Waals surface area contributed by atoms with Crippen molar-refractivity contribution in [1.82, 2.24) is 0 Å². The summed E-state index contributed by atoms with van der Waals surface area (Å²) in [5, 5.41) is 3.26. The Bertz CT molecular complexity index is 358. The summed E-state index contributed by atoms with van der Waals surface area (Å²) in [7, 11) is 1.57. The monoisotopic (exact) mass is 242 g/mol. The van der Waals surface area contributed by atoms with Crippen LogP contribution in [0.25, 0.3) is 0 Å². The largest absolute Gasteiger partial charge is 0.385 e. The van der Waals surface area contributed by atoms with Crippen LogP contribution in [0.1, 0.15) is 6.42 Å². The highest BCUT2D eigenvalue weighted by Gasteiger charge is 2.12. The maximum absolute atomic E-state index is 11.6. The van der Waals surface area contributed by atoms with Gasteiger partial charge < -0.3 is 15.8 Å². The highest BCUT2D eigenvalue weighted by Crippen LogP contribution is 2.14. The molecule has 1 amide bonds. The zero-order valence-electron chi connectivity index (χ0n) is 9.07. The molecule has 5 heteroatoms. The average molecular weight is 243 g/mol. The number of carbonyl (C=O) groups is 1. The van der Waals surface area contributed by atoms with E-state index in [1.54, 1.807) is 31.4 Å². The quantitative estimate of drug-likeness (QED) is 0.825. The summed E-state index contributed by atoms with van der Waals surface area (Å²) in [5.41, 5.74) is 6.31. The van der Waals surface area contributed by atoms with Crippen LogP contribution in [0.3, 0.4) is 0 Å². The lowest BCUT2D eigenvalue weighted by Gasteiger charge is -2.11. The summed E-state index contributed by atoms with van der Waals surface area (Å²) in [4.78, 5) is 11.6. The van der Waals surface area contributed by atoms with Crippen molar-refractivity contribution < 1.29 is 9.53 Å². The molecule has 0 saturated heterocycles. The molecule has 1 rings (SSSR count). The fourth-order valence-electron chi connectivity index (χ4n) is 1.18. The number of nitrogens with one attached hydrogen (secondary N) is 1. The second-order valence-electron chi connectivity index (χ2n) is 3.39. The van der Waals surface area contributed by atoms with Crippen LogP contribution in [0.2, 0.25) is 5.02 Å². The van der Waals surface area contributed by atoms with Gasteiger partial charge in [-0.3, -0.25) is 4.79 Å². The Hall–Kier alpha value is -1.10. The second kappa shape index (κ2) is 6.48. The molecule has 0 aliphatic carbocycles. The van der Waals surface area contributed by atoms with Gasteiger partial charge in [0, 0.05) is 24.4 Å². The molecule has 0 aliphatic rings. The molecule has 1 atom stereocenters. The highest BCUT2D eigenvalue weighted by molar-refractivity contribution is 6.30. The maximum atomic E-state index is 11.6. The molecule has 88 valence electrons. The van der Waals surface area contributed by atoms with Crippen LogP contribution in [0.4, 0.5) is 5.69 Å². The van der Waals surface area contributed by atoms with E-state index >= 15 is 0 Å². The van der Waals surface area contributed by atoms with Crippen molar-refractivity contribution in [1.29, 1.82) is 0 Å². The Kier molecular flexibility index (Phi) is 5.25. The Morgan fingerprint density at radius 2 is 2.38 bits per heavy atom. The van der Waals surface area contributed by atoms with Crippen LogP contribution >= 0.6 is 11.6 Å². The maximum Gasteiger partial charge on any atom is 0.241 e. The molecule has 16 heavy (non-hydrogen) atoms. The number of methoxy groups -OCH3 is 1. The van der Waals surface area contributed by atoms with Gasteiger partial charge in [0.15, 0.2) is 0 Å². The van der Waals surface area contributed by atoms with Gasteiger partial charge in [-0.1, -0.05) is 17.7 Å². The van der Waals surface area contributed by atoms with Crippen molar-refractivity contribution >= 4 is 23.2 Å². The number of halogens is 1.